The summed E-state index contributed by atoms with van der Waals surface area (Å²) in [5.41, 5.74) is 0. The van der Waals surface area contributed by atoms with Crippen LogP contribution in [0.25, 0.3) is 0 Å². The normalized spacial score (nSPS) is 21.9. The summed E-state index contributed by atoms with van der Waals surface area (Å²) in [5.74, 6) is 1.62. The molecular weight excluding hydrogens is 240 g/mol. The molecular formula is C11H19ClN4O. The van der Waals surface area contributed by atoms with Crippen molar-refractivity contribution in [3.8, 4) is 0 Å². The van der Waals surface area contributed by atoms with Crippen LogP contribution >= 0.6 is 11.6 Å². The van der Waals surface area contributed by atoms with Gasteiger partial charge in [-0.05, 0) is 6.42 Å². The maximum atomic E-state index is 5.95. The first-order valence-corrected chi connectivity index (χ1v) is 6.63. The average molecular weight is 259 g/mol. The summed E-state index contributed by atoms with van der Waals surface area (Å²) in [6.07, 6.45) is 2.69. The third kappa shape index (κ3) is 3.18. The minimum Gasteiger partial charge on any atom is -0.378 e. The van der Waals surface area contributed by atoms with Crippen molar-refractivity contribution in [2.24, 2.45) is 0 Å². The van der Waals surface area contributed by atoms with Gasteiger partial charge in [-0.2, -0.15) is 5.10 Å². The van der Waals surface area contributed by atoms with Crippen LogP contribution in [-0.2, 0) is 17.8 Å². The Bertz CT molecular complexity index is 344. The highest BCUT2D eigenvalue weighted by atomic mass is 35.5. The van der Waals surface area contributed by atoms with E-state index in [4.69, 9.17) is 16.3 Å². The molecule has 17 heavy (non-hydrogen) atoms. The lowest BCUT2D eigenvalue weighted by Crippen LogP contribution is -2.46. The van der Waals surface area contributed by atoms with Gasteiger partial charge in [-0.25, -0.2) is 9.67 Å². The Morgan fingerprint density at radius 3 is 3.24 bits per heavy atom. The third-order valence-corrected chi connectivity index (χ3v) is 3.36. The monoisotopic (exact) mass is 258 g/mol. The fraction of sp³-hybridized carbons (Fsp3) is 0.818. The van der Waals surface area contributed by atoms with Crippen molar-refractivity contribution < 1.29 is 4.74 Å². The molecule has 1 aromatic rings. The lowest BCUT2D eigenvalue weighted by atomic mass is 10.2. The van der Waals surface area contributed by atoms with Crippen LogP contribution in [0.3, 0.4) is 0 Å². The fourth-order valence-electron chi connectivity index (χ4n) is 2.03. The molecule has 0 N–H and O–H groups in total. The van der Waals surface area contributed by atoms with E-state index < -0.39 is 0 Å². The first kappa shape index (κ1) is 12.8. The topological polar surface area (TPSA) is 43.2 Å². The second-order valence-electron chi connectivity index (χ2n) is 4.25. The van der Waals surface area contributed by atoms with Crippen molar-refractivity contribution >= 4 is 11.6 Å². The zero-order valence-corrected chi connectivity index (χ0v) is 10.9. The molecule has 1 unspecified atom stereocenters. The van der Waals surface area contributed by atoms with Crippen LogP contribution < -0.4 is 0 Å². The lowest BCUT2D eigenvalue weighted by molar-refractivity contribution is -0.00475. The summed E-state index contributed by atoms with van der Waals surface area (Å²) >= 11 is 5.95. The molecule has 1 aliphatic heterocycles. The molecule has 1 aromatic heterocycles. The number of aryl methyl sites for hydroxylation is 1. The van der Waals surface area contributed by atoms with Gasteiger partial charge < -0.3 is 4.74 Å². The van der Waals surface area contributed by atoms with Crippen LogP contribution in [0.5, 0.6) is 0 Å². The van der Waals surface area contributed by atoms with Crippen LogP contribution in [0, 0.1) is 0 Å². The van der Waals surface area contributed by atoms with E-state index in [0.29, 0.717) is 12.5 Å². The van der Waals surface area contributed by atoms with E-state index in [0.717, 1.165) is 38.5 Å². The molecule has 0 saturated carbocycles. The van der Waals surface area contributed by atoms with E-state index in [1.807, 2.05) is 4.68 Å². The minimum absolute atomic E-state index is 0.289. The zero-order chi connectivity index (χ0) is 12.1. The minimum atomic E-state index is 0.289. The molecule has 0 aliphatic carbocycles. The van der Waals surface area contributed by atoms with E-state index in [1.165, 1.54) is 0 Å². The molecule has 0 aromatic carbocycles. The number of halogens is 1. The highest BCUT2D eigenvalue weighted by Crippen LogP contribution is 2.12. The summed E-state index contributed by atoms with van der Waals surface area (Å²) in [7, 11) is 0. The predicted octanol–water partition coefficient (Wildman–Crippen LogP) is 1.13. The molecule has 0 radical (unpaired) electrons. The van der Waals surface area contributed by atoms with Gasteiger partial charge in [-0.3, -0.25) is 4.90 Å². The molecule has 1 atom stereocenters. The van der Waals surface area contributed by atoms with Gasteiger partial charge in [0.25, 0.3) is 0 Å². The van der Waals surface area contributed by atoms with Crippen LogP contribution in [0.4, 0.5) is 0 Å². The highest BCUT2D eigenvalue weighted by Gasteiger charge is 2.23. The van der Waals surface area contributed by atoms with E-state index in [1.54, 1.807) is 6.33 Å². The molecule has 2 heterocycles. The van der Waals surface area contributed by atoms with Crippen LogP contribution in [0.2, 0.25) is 0 Å². The summed E-state index contributed by atoms with van der Waals surface area (Å²) < 4.78 is 7.40. The molecule has 1 aliphatic rings. The Kier molecular flexibility index (Phi) is 4.76. The number of nitrogens with zero attached hydrogens (tertiary/aromatic N) is 4. The molecule has 96 valence electrons. The molecule has 0 amide bonds. The summed E-state index contributed by atoms with van der Waals surface area (Å²) in [6.45, 7) is 6.27. The third-order valence-electron chi connectivity index (χ3n) is 3.00. The molecule has 1 saturated heterocycles. The van der Waals surface area contributed by atoms with Gasteiger partial charge in [0.15, 0.2) is 0 Å². The van der Waals surface area contributed by atoms with E-state index in [9.17, 15) is 0 Å². The number of hydrogen-bond donors (Lipinski definition) is 0. The van der Waals surface area contributed by atoms with Gasteiger partial charge >= 0.3 is 0 Å². The highest BCUT2D eigenvalue weighted by molar-refractivity contribution is 6.18. The fourth-order valence-corrected chi connectivity index (χ4v) is 2.31. The second kappa shape index (κ2) is 6.33. The smallest absolute Gasteiger partial charge is 0.141 e. The number of alkyl halides is 1. The van der Waals surface area contributed by atoms with Gasteiger partial charge in [0.2, 0.25) is 0 Å². The Labute approximate surface area is 107 Å². The van der Waals surface area contributed by atoms with Crippen LogP contribution in [0.15, 0.2) is 6.33 Å². The second-order valence-corrected chi connectivity index (χ2v) is 4.56. The van der Waals surface area contributed by atoms with Crippen molar-refractivity contribution in [1.29, 1.82) is 0 Å². The van der Waals surface area contributed by atoms with Crippen molar-refractivity contribution in [3.05, 3.63) is 12.2 Å². The SMILES string of the molecule is CCCn1ncnc1CN1CCOCC1CCl. The number of hydrogen-bond acceptors (Lipinski definition) is 4. The number of ether oxygens (including phenoxy) is 1. The maximum absolute atomic E-state index is 5.95. The lowest BCUT2D eigenvalue weighted by Gasteiger charge is -2.33. The van der Waals surface area contributed by atoms with E-state index in [-0.39, 0.29) is 6.04 Å². The van der Waals surface area contributed by atoms with Crippen LogP contribution in [0.1, 0.15) is 19.2 Å². The van der Waals surface area contributed by atoms with Crippen molar-refractivity contribution in [3.63, 3.8) is 0 Å². The van der Waals surface area contributed by atoms with Crippen molar-refractivity contribution in [2.45, 2.75) is 32.5 Å². The zero-order valence-electron chi connectivity index (χ0n) is 10.2. The van der Waals surface area contributed by atoms with E-state index >= 15 is 0 Å². The van der Waals surface area contributed by atoms with E-state index in [2.05, 4.69) is 21.9 Å². The maximum Gasteiger partial charge on any atom is 0.141 e. The van der Waals surface area contributed by atoms with Gasteiger partial charge in [0.1, 0.15) is 12.2 Å². The molecule has 0 spiro atoms. The number of morpholine rings is 1. The number of rotatable bonds is 5. The predicted molar refractivity (Wildman–Crippen MR) is 66.1 cm³/mol. The quantitative estimate of drug-likeness (QED) is 0.743. The standard InChI is InChI=1S/C11H19ClN4O/c1-2-3-16-11(13-9-14-16)7-15-4-5-17-8-10(15)6-12/h9-10H,2-8H2,1H3. The largest absolute Gasteiger partial charge is 0.378 e. The summed E-state index contributed by atoms with van der Waals surface area (Å²) in [4.78, 5) is 6.65. The van der Waals surface area contributed by atoms with Gasteiger partial charge in [-0.1, -0.05) is 6.92 Å². The Morgan fingerprint density at radius 2 is 2.47 bits per heavy atom. The molecule has 6 heteroatoms. The van der Waals surface area contributed by atoms with Crippen LogP contribution in [-0.4, -0.2) is 51.3 Å². The van der Waals surface area contributed by atoms with Crippen molar-refractivity contribution in [2.75, 3.05) is 25.6 Å². The number of aromatic nitrogens is 3. The summed E-state index contributed by atoms with van der Waals surface area (Å²) in [6, 6.07) is 0.289. The summed E-state index contributed by atoms with van der Waals surface area (Å²) in [5, 5.41) is 4.24. The first-order chi connectivity index (χ1) is 8.35. The Hall–Kier alpha value is -0.650. The Balaban J connectivity index is 2.00. The molecule has 0 bridgehead atoms. The molecule has 5 nitrogen and oxygen atoms in total. The van der Waals surface area contributed by atoms with Crippen molar-refractivity contribution in [1.82, 2.24) is 19.7 Å². The van der Waals surface area contributed by atoms with Gasteiger partial charge in [0.05, 0.1) is 19.8 Å². The Morgan fingerprint density at radius 1 is 1.59 bits per heavy atom. The average Bonchev–Trinajstić information content (AvgIpc) is 2.78. The first-order valence-electron chi connectivity index (χ1n) is 6.09. The molecule has 2 rings (SSSR count). The molecule has 1 fully saturated rings. The van der Waals surface area contributed by atoms with Gasteiger partial charge in [-0.15, -0.1) is 11.6 Å². The van der Waals surface area contributed by atoms with Gasteiger partial charge in [0, 0.05) is 25.0 Å².